The van der Waals surface area contributed by atoms with Gasteiger partial charge in [0.15, 0.2) is 5.78 Å². The molecule has 1 rings (SSSR count). The van der Waals surface area contributed by atoms with Crippen molar-refractivity contribution in [2.24, 2.45) is 11.7 Å². The molecule has 10 heavy (non-hydrogen) atoms. The quantitative estimate of drug-likeness (QED) is 0.556. The predicted molar refractivity (Wildman–Crippen MR) is 37.4 cm³/mol. The maximum atomic E-state index is 10.6. The van der Waals surface area contributed by atoms with Crippen LogP contribution in [-0.2, 0) is 4.79 Å². The first-order chi connectivity index (χ1) is 4.63. The van der Waals surface area contributed by atoms with Gasteiger partial charge in [-0.3, -0.25) is 4.79 Å². The lowest BCUT2D eigenvalue weighted by Gasteiger charge is -2.35. The van der Waals surface area contributed by atoms with Gasteiger partial charge in [0.25, 0.3) is 0 Å². The molecule has 1 aliphatic carbocycles. The van der Waals surface area contributed by atoms with Crippen LogP contribution in [0.25, 0.3) is 0 Å². The summed E-state index contributed by atoms with van der Waals surface area (Å²) >= 11 is 0. The molecule has 0 aromatic rings. The first-order valence-corrected chi connectivity index (χ1v) is 3.57. The number of carbonyl (C=O) groups excluding carboxylic acids is 1. The highest BCUT2D eigenvalue weighted by molar-refractivity contribution is 5.80. The molecule has 0 aliphatic heterocycles. The van der Waals surface area contributed by atoms with Gasteiger partial charge < -0.3 is 10.8 Å². The standard InChI is InChI=1S/C7H13NO2/c1-4(9)7(10)5-2-3-6(5)8/h5-7,10H,2-3,8H2,1H3/t5-,6?,7?/m1/s1. The number of hydrogen-bond donors (Lipinski definition) is 2. The van der Waals surface area contributed by atoms with Crippen molar-refractivity contribution in [2.45, 2.75) is 31.9 Å². The van der Waals surface area contributed by atoms with E-state index in [4.69, 9.17) is 5.73 Å². The molecule has 3 nitrogen and oxygen atoms in total. The number of aliphatic hydroxyl groups excluding tert-OH is 1. The topological polar surface area (TPSA) is 63.3 Å². The molecule has 0 heterocycles. The van der Waals surface area contributed by atoms with Gasteiger partial charge in [0, 0.05) is 12.0 Å². The van der Waals surface area contributed by atoms with Crippen molar-refractivity contribution in [3.8, 4) is 0 Å². The summed E-state index contributed by atoms with van der Waals surface area (Å²) in [6, 6.07) is 0.0406. The normalized spacial score (nSPS) is 34.7. The molecule has 0 aromatic heterocycles. The lowest BCUT2D eigenvalue weighted by molar-refractivity contribution is -0.129. The van der Waals surface area contributed by atoms with Crippen molar-refractivity contribution < 1.29 is 9.90 Å². The summed E-state index contributed by atoms with van der Waals surface area (Å²) in [6.45, 7) is 1.40. The molecular weight excluding hydrogens is 130 g/mol. The Labute approximate surface area is 60.2 Å². The van der Waals surface area contributed by atoms with Crippen molar-refractivity contribution in [2.75, 3.05) is 0 Å². The highest BCUT2D eigenvalue weighted by Crippen LogP contribution is 2.28. The SMILES string of the molecule is CC(=O)C(O)[C@@H]1CCC1N. The van der Waals surface area contributed by atoms with Crippen LogP contribution in [0.1, 0.15) is 19.8 Å². The first kappa shape index (κ1) is 7.69. The van der Waals surface area contributed by atoms with Gasteiger partial charge in [-0.05, 0) is 19.8 Å². The minimum atomic E-state index is -0.816. The molecule has 3 N–H and O–H groups in total. The third-order valence-electron chi connectivity index (χ3n) is 2.21. The van der Waals surface area contributed by atoms with E-state index >= 15 is 0 Å². The minimum Gasteiger partial charge on any atom is -0.385 e. The van der Waals surface area contributed by atoms with Crippen LogP contribution in [0.15, 0.2) is 0 Å². The maximum Gasteiger partial charge on any atom is 0.158 e. The third-order valence-corrected chi connectivity index (χ3v) is 2.21. The molecule has 1 aliphatic rings. The van der Waals surface area contributed by atoms with Crippen LogP contribution in [0, 0.1) is 5.92 Å². The second-order valence-electron chi connectivity index (χ2n) is 2.96. The third kappa shape index (κ3) is 1.20. The molecule has 0 amide bonds. The van der Waals surface area contributed by atoms with Crippen LogP contribution in [0.5, 0.6) is 0 Å². The Hall–Kier alpha value is -0.410. The number of nitrogens with two attached hydrogens (primary N) is 1. The fourth-order valence-corrected chi connectivity index (χ4v) is 1.25. The highest BCUT2D eigenvalue weighted by Gasteiger charge is 2.35. The van der Waals surface area contributed by atoms with Crippen molar-refractivity contribution >= 4 is 5.78 Å². The van der Waals surface area contributed by atoms with Crippen molar-refractivity contribution in [3.05, 3.63) is 0 Å². The number of Topliss-reactive ketones (excluding diaryl/α,β-unsaturated/α-hetero) is 1. The lowest BCUT2D eigenvalue weighted by atomic mass is 9.75. The summed E-state index contributed by atoms with van der Waals surface area (Å²) in [6.07, 6.45) is 1.01. The first-order valence-electron chi connectivity index (χ1n) is 3.57. The molecule has 1 fully saturated rings. The van der Waals surface area contributed by atoms with E-state index in [0.29, 0.717) is 0 Å². The van der Waals surface area contributed by atoms with Crippen LogP contribution in [0.4, 0.5) is 0 Å². The molecule has 0 spiro atoms. The molecular formula is C7H13NO2. The lowest BCUT2D eigenvalue weighted by Crippen LogP contribution is -2.48. The van der Waals surface area contributed by atoms with E-state index in [2.05, 4.69) is 0 Å². The molecule has 0 bridgehead atoms. The molecule has 3 heteroatoms. The van der Waals surface area contributed by atoms with E-state index in [1.54, 1.807) is 0 Å². The predicted octanol–water partition coefficient (Wildman–Crippen LogP) is -0.326. The zero-order valence-electron chi connectivity index (χ0n) is 6.08. The van der Waals surface area contributed by atoms with Crippen molar-refractivity contribution in [1.29, 1.82) is 0 Å². The molecule has 2 unspecified atom stereocenters. The number of hydrogen-bond acceptors (Lipinski definition) is 3. The summed E-state index contributed by atoms with van der Waals surface area (Å²) in [5.74, 6) is -0.141. The van der Waals surface area contributed by atoms with Crippen LogP contribution in [0.3, 0.4) is 0 Å². The summed E-state index contributed by atoms with van der Waals surface area (Å²) in [7, 11) is 0. The van der Waals surface area contributed by atoms with Crippen LogP contribution in [0.2, 0.25) is 0 Å². The summed E-state index contributed by atoms with van der Waals surface area (Å²) in [5, 5.41) is 9.19. The Morgan fingerprint density at radius 3 is 2.40 bits per heavy atom. The van der Waals surface area contributed by atoms with E-state index in [9.17, 15) is 9.90 Å². The van der Waals surface area contributed by atoms with Gasteiger partial charge in [-0.1, -0.05) is 0 Å². The van der Waals surface area contributed by atoms with Gasteiger partial charge >= 0.3 is 0 Å². The molecule has 1 saturated carbocycles. The van der Waals surface area contributed by atoms with Gasteiger partial charge in [0.05, 0.1) is 0 Å². The number of aliphatic hydroxyl groups is 1. The van der Waals surface area contributed by atoms with Gasteiger partial charge in [0.1, 0.15) is 6.10 Å². The van der Waals surface area contributed by atoms with Crippen molar-refractivity contribution in [1.82, 2.24) is 0 Å². The molecule has 0 aromatic carbocycles. The van der Waals surface area contributed by atoms with E-state index in [-0.39, 0.29) is 17.7 Å². The number of carbonyl (C=O) groups is 1. The summed E-state index contributed by atoms with van der Waals surface area (Å²) in [4.78, 5) is 10.6. The fraction of sp³-hybridized carbons (Fsp3) is 0.857. The highest BCUT2D eigenvalue weighted by atomic mass is 16.3. The van der Waals surface area contributed by atoms with Gasteiger partial charge in [0.2, 0.25) is 0 Å². The van der Waals surface area contributed by atoms with Crippen LogP contribution < -0.4 is 5.73 Å². The largest absolute Gasteiger partial charge is 0.385 e. The Morgan fingerprint density at radius 1 is 1.70 bits per heavy atom. The second kappa shape index (κ2) is 2.68. The van der Waals surface area contributed by atoms with Crippen LogP contribution >= 0.6 is 0 Å². The van der Waals surface area contributed by atoms with Gasteiger partial charge in [-0.25, -0.2) is 0 Å². The van der Waals surface area contributed by atoms with Crippen LogP contribution in [-0.4, -0.2) is 23.0 Å². The Balaban J connectivity index is 2.41. The van der Waals surface area contributed by atoms with E-state index in [1.807, 2.05) is 0 Å². The van der Waals surface area contributed by atoms with E-state index in [0.717, 1.165) is 12.8 Å². The fourth-order valence-electron chi connectivity index (χ4n) is 1.25. The van der Waals surface area contributed by atoms with Gasteiger partial charge in [-0.15, -0.1) is 0 Å². The number of rotatable bonds is 2. The van der Waals surface area contributed by atoms with Gasteiger partial charge in [-0.2, -0.15) is 0 Å². The monoisotopic (exact) mass is 143 g/mol. The van der Waals surface area contributed by atoms with E-state index in [1.165, 1.54) is 6.92 Å². The average molecular weight is 143 g/mol. The molecule has 0 saturated heterocycles. The average Bonchev–Trinajstić information content (AvgIpc) is 1.84. The minimum absolute atomic E-state index is 0.0255. The smallest absolute Gasteiger partial charge is 0.158 e. The van der Waals surface area contributed by atoms with Crippen molar-refractivity contribution in [3.63, 3.8) is 0 Å². The Bertz CT molecular complexity index is 147. The Morgan fingerprint density at radius 2 is 2.30 bits per heavy atom. The summed E-state index contributed by atoms with van der Waals surface area (Å²) in [5.41, 5.74) is 5.55. The molecule has 58 valence electrons. The number of ketones is 1. The molecule has 0 radical (unpaired) electrons. The zero-order chi connectivity index (χ0) is 7.72. The second-order valence-corrected chi connectivity index (χ2v) is 2.96. The zero-order valence-corrected chi connectivity index (χ0v) is 6.08. The Kier molecular flexibility index (Phi) is 2.06. The summed E-state index contributed by atoms with van der Waals surface area (Å²) < 4.78 is 0. The van der Waals surface area contributed by atoms with E-state index < -0.39 is 6.10 Å². The maximum absolute atomic E-state index is 10.6. The molecule has 3 atom stereocenters.